The largest absolute Gasteiger partial charge is 0.490 e. The second-order valence-electron chi connectivity index (χ2n) is 6.56. The van der Waals surface area contributed by atoms with Gasteiger partial charge in [0.25, 0.3) is 0 Å². The monoisotopic (exact) mass is 397 g/mol. The molecule has 1 N–H and O–H groups in total. The number of halogens is 2. The number of nitrogens with one attached hydrogen (secondary N) is 1. The van der Waals surface area contributed by atoms with Crippen LogP contribution in [-0.2, 0) is 0 Å². The molecule has 3 aromatic rings. The predicted molar refractivity (Wildman–Crippen MR) is 105 cm³/mol. The highest BCUT2D eigenvalue weighted by Gasteiger charge is 2.20. The molecule has 0 unspecified atom stereocenters. The molecule has 1 fully saturated rings. The van der Waals surface area contributed by atoms with Gasteiger partial charge in [0, 0.05) is 37.0 Å². The second-order valence-corrected chi connectivity index (χ2v) is 6.97. The lowest BCUT2D eigenvalue weighted by atomic mass is 10.1. The number of ether oxygens (including phenoxy) is 1. The molecule has 1 aliphatic rings. The molecule has 2 heterocycles. The van der Waals surface area contributed by atoms with E-state index in [1.165, 1.54) is 18.5 Å². The van der Waals surface area contributed by atoms with Crippen molar-refractivity contribution in [3.63, 3.8) is 0 Å². The average Bonchev–Trinajstić information content (AvgIpc) is 2.72. The van der Waals surface area contributed by atoms with Crippen molar-refractivity contribution < 1.29 is 9.13 Å². The first-order chi connectivity index (χ1) is 13.6. The van der Waals surface area contributed by atoms with Crippen LogP contribution < -0.4 is 10.1 Å². The molecule has 4 rings (SSSR count). The SMILES string of the molecule is N#CN1CCC(Oc2ccc3ncnc(Nc4ccc(F)c(Cl)c4)c3c2)CC1. The molecule has 1 saturated heterocycles. The quantitative estimate of drug-likeness (QED) is 0.654. The van der Waals surface area contributed by atoms with Gasteiger partial charge in [0.1, 0.15) is 29.8 Å². The third-order valence-corrected chi connectivity index (χ3v) is 4.96. The first-order valence-corrected chi connectivity index (χ1v) is 9.28. The topological polar surface area (TPSA) is 74.1 Å². The van der Waals surface area contributed by atoms with Crippen molar-refractivity contribution in [1.29, 1.82) is 5.26 Å². The lowest BCUT2D eigenvalue weighted by molar-refractivity contribution is 0.126. The van der Waals surface area contributed by atoms with Crippen LogP contribution in [0, 0.1) is 17.3 Å². The van der Waals surface area contributed by atoms with Crippen LogP contribution in [0.3, 0.4) is 0 Å². The van der Waals surface area contributed by atoms with Crippen molar-refractivity contribution >= 4 is 34.0 Å². The standard InChI is InChI=1S/C20H17ClFN5O/c21-17-9-13(1-3-18(17)22)26-20-16-10-15(2-4-19(16)24-12-25-20)28-14-5-7-27(11-23)8-6-14/h1-4,9-10,12,14H,5-8H2,(H,24,25,26). The second kappa shape index (κ2) is 7.87. The van der Waals surface area contributed by atoms with Crippen molar-refractivity contribution in [3.05, 3.63) is 53.6 Å². The summed E-state index contributed by atoms with van der Waals surface area (Å²) < 4.78 is 19.5. The Hall–Kier alpha value is -3.11. The maximum absolute atomic E-state index is 13.4. The third kappa shape index (κ3) is 3.92. The van der Waals surface area contributed by atoms with Crippen molar-refractivity contribution in [2.24, 2.45) is 0 Å². The Kier molecular flexibility index (Phi) is 5.13. The van der Waals surface area contributed by atoms with Crippen molar-refractivity contribution in [2.75, 3.05) is 18.4 Å². The highest BCUT2D eigenvalue weighted by atomic mass is 35.5. The number of aromatic nitrogens is 2. The van der Waals surface area contributed by atoms with E-state index in [2.05, 4.69) is 21.5 Å². The highest BCUT2D eigenvalue weighted by Crippen LogP contribution is 2.29. The Bertz CT molecular complexity index is 1050. The van der Waals surface area contributed by atoms with Gasteiger partial charge in [-0.05, 0) is 36.4 Å². The summed E-state index contributed by atoms with van der Waals surface area (Å²) in [6, 6.07) is 10.0. The molecule has 142 valence electrons. The zero-order valence-corrected chi connectivity index (χ0v) is 15.7. The van der Waals surface area contributed by atoms with E-state index in [0.717, 1.165) is 29.5 Å². The van der Waals surface area contributed by atoms with E-state index in [1.807, 2.05) is 18.2 Å². The molecule has 0 saturated carbocycles. The van der Waals surface area contributed by atoms with Crippen LogP contribution in [0.25, 0.3) is 10.9 Å². The number of nitrogens with zero attached hydrogens (tertiary/aromatic N) is 4. The molecule has 0 atom stereocenters. The molecule has 0 bridgehead atoms. The van der Waals surface area contributed by atoms with Crippen LogP contribution in [0.5, 0.6) is 5.75 Å². The maximum Gasteiger partial charge on any atom is 0.179 e. The smallest absolute Gasteiger partial charge is 0.179 e. The first kappa shape index (κ1) is 18.3. The van der Waals surface area contributed by atoms with E-state index in [1.54, 1.807) is 11.0 Å². The molecule has 28 heavy (non-hydrogen) atoms. The normalized spacial score (nSPS) is 14.7. The lowest BCUT2D eigenvalue weighted by Gasteiger charge is -2.28. The van der Waals surface area contributed by atoms with Crippen molar-refractivity contribution in [3.8, 4) is 11.9 Å². The maximum atomic E-state index is 13.4. The number of piperidine rings is 1. The number of hydrogen-bond donors (Lipinski definition) is 1. The Morgan fingerprint density at radius 3 is 2.75 bits per heavy atom. The van der Waals surface area contributed by atoms with Gasteiger partial charge in [0.15, 0.2) is 6.19 Å². The van der Waals surface area contributed by atoms with Crippen LogP contribution in [0.2, 0.25) is 5.02 Å². The van der Waals surface area contributed by atoms with E-state index in [-0.39, 0.29) is 11.1 Å². The Morgan fingerprint density at radius 2 is 2.00 bits per heavy atom. The molecular formula is C20H17ClFN5O. The summed E-state index contributed by atoms with van der Waals surface area (Å²) in [5.41, 5.74) is 1.39. The molecule has 0 amide bonds. The predicted octanol–water partition coefficient (Wildman–Crippen LogP) is 4.49. The number of hydrogen-bond acceptors (Lipinski definition) is 6. The van der Waals surface area contributed by atoms with E-state index in [4.69, 9.17) is 21.6 Å². The van der Waals surface area contributed by atoms with Crippen LogP contribution in [0.4, 0.5) is 15.9 Å². The van der Waals surface area contributed by atoms with Crippen molar-refractivity contribution in [2.45, 2.75) is 18.9 Å². The lowest BCUT2D eigenvalue weighted by Crippen LogP contribution is -2.35. The molecule has 6 nitrogen and oxygen atoms in total. The zero-order valence-electron chi connectivity index (χ0n) is 14.9. The van der Waals surface area contributed by atoms with Gasteiger partial charge in [-0.15, -0.1) is 0 Å². The summed E-state index contributed by atoms with van der Waals surface area (Å²) in [6.45, 7) is 1.41. The minimum atomic E-state index is -0.474. The Balaban J connectivity index is 1.57. The summed E-state index contributed by atoms with van der Waals surface area (Å²) in [7, 11) is 0. The van der Waals surface area contributed by atoms with Gasteiger partial charge in [0.05, 0.1) is 10.5 Å². The fraction of sp³-hybridized carbons (Fsp3) is 0.250. The van der Waals surface area contributed by atoms with Crippen molar-refractivity contribution in [1.82, 2.24) is 14.9 Å². The zero-order chi connectivity index (χ0) is 19.5. The summed E-state index contributed by atoms with van der Waals surface area (Å²) in [6.07, 6.45) is 5.31. The number of nitriles is 1. The van der Waals surface area contributed by atoms with Gasteiger partial charge in [-0.3, -0.25) is 0 Å². The van der Waals surface area contributed by atoms with Crippen LogP contribution in [0.1, 0.15) is 12.8 Å². The fourth-order valence-corrected chi connectivity index (χ4v) is 3.37. The van der Waals surface area contributed by atoms with Gasteiger partial charge in [-0.1, -0.05) is 11.6 Å². The Labute approximate surface area is 166 Å². The molecule has 0 aliphatic carbocycles. The highest BCUT2D eigenvalue weighted by molar-refractivity contribution is 6.31. The van der Waals surface area contributed by atoms with E-state index < -0.39 is 5.82 Å². The molecule has 0 spiro atoms. The molecule has 1 aliphatic heterocycles. The van der Waals surface area contributed by atoms with Crippen LogP contribution in [0.15, 0.2) is 42.7 Å². The van der Waals surface area contributed by atoms with Gasteiger partial charge < -0.3 is 15.0 Å². The molecule has 1 aromatic heterocycles. The summed E-state index contributed by atoms with van der Waals surface area (Å²) in [5, 5.41) is 12.9. The number of anilines is 2. The number of rotatable bonds is 4. The van der Waals surface area contributed by atoms with Gasteiger partial charge in [0.2, 0.25) is 0 Å². The third-order valence-electron chi connectivity index (χ3n) is 4.68. The van der Waals surface area contributed by atoms with Gasteiger partial charge in [-0.25, -0.2) is 14.4 Å². The van der Waals surface area contributed by atoms with E-state index in [0.29, 0.717) is 24.6 Å². The fourth-order valence-electron chi connectivity index (χ4n) is 3.19. The van der Waals surface area contributed by atoms with Gasteiger partial charge >= 0.3 is 0 Å². The summed E-state index contributed by atoms with van der Waals surface area (Å²) >= 11 is 5.86. The van der Waals surface area contributed by atoms with Crippen LogP contribution in [-0.4, -0.2) is 34.1 Å². The van der Waals surface area contributed by atoms with E-state index in [9.17, 15) is 4.39 Å². The van der Waals surface area contributed by atoms with E-state index >= 15 is 0 Å². The number of fused-ring (bicyclic) bond motifs is 1. The molecular weight excluding hydrogens is 381 g/mol. The summed E-state index contributed by atoms with van der Waals surface area (Å²) in [4.78, 5) is 10.3. The Morgan fingerprint density at radius 1 is 1.18 bits per heavy atom. The van der Waals surface area contributed by atoms with Crippen LogP contribution >= 0.6 is 11.6 Å². The van der Waals surface area contributed by atoms with Gasteiger partial charge in [-0.2, -0.15) is 5.26 Å². The summed E-state index contributed by atoms with van der Waals surface area (Å²) in [5.74, 6) is 0.827. The number of likely N-dealkylation sites (tertiary alicyclic amines) is 1. The molecule has 8 heteroatoms. The minimum absolute atomic E-state index is 0.0381. The number of benzene rings is 2. The molecule has 2 aromatic carbocycles. The first-order valence-electron chi connectivity index (χ1n) is 8.90. The average molecular weight is 398 g/mol. The molecule has 0 radical (unpaired) electrons. The minimum Gasteiger partial charge on any atom is -0.490 e.